The van der Waals surface area contributed by atoms with E-state index in [9.17, 15) is 80.8 Å². The summed E-state index contributed by atoms with van der Waals surface area (Å²) in [6, 6.07) is 16.5. The molecule has 0 amide bonds. The SMILES string of the molecule is COc1cc(C=CC(=O)OC[C@H]2O[C@H](Oc3cc4c(O[C@@H]5O[C@H](CO)[C@@H](O)[C@H](O)[C@H]5O)cc(=O)cc-4oc3-c3ccc(O)cc3)[C@H](O[C@@H]3O[C@H](COC(=[OH+])C=Cc4ccc(O)c(O)c4)[C@@H](O)[C@H](O)[C@H]3O)[C@@H](O)[C@@H]2O)ccc1O. The summed E-state index contributed by atoms with van der Waals surface area (Å²) in [5.41, 5.74) is 0.0780. The monoisotopic (exact) mass is 1100 g/mol. The first-order valence-electron chi connectivity index (χ1n) is 23.8. The molecule has 0 unspecified atom stereocenters. The van der Waals surface area contributed by atoms with Gasteiger partial charge in [0.1, 0.15) is 91.0 Å². The van der Waals surface area contributed by atoms with Crippen molar-refractivity contribution >= 4 is 24.1 Å². The number of ether oxygens (including phenoxy) is 9. The lowest BCUT2D eigenvalue weighted by molar-refractivity contribution is -0.357. The van der Waals surface area contributed by atoms with Gasteiger partial charge in [-0.1, -0.05) is 12.1 Å². The summed E-state index contributed by atoms with van der Waals surface area (Å²) in [6.45, 7) is -2.32. The fraction of sp³-hybridized carbons (Fsp3) is 0.365. The Labute approximate surface area is 440 Å². The number of hydrogen-bond donors (Lipinski definition) is 13. The molecule has 0 aromatic heterocycles. The largest absolute Gasteiger partial charge is 0.510 e. The van der Waals surface area contributed by atoms with Crippen molar-refractivity contribution in [1.82, 2.24) is 0 Å². The van der Waals surface area contributed by atoms with E-state index < -0.39 is 141 Å². The quantitative estimate of drug-likeness (QED) is 0.0228. The second-order valence-electron chi connectivity index (χ2n) is 18.0. The molecule has 3 fully saturated rings. The minimum absolute atomic E-state index is 0.108. The van der Waals surface area contributed by atoms with E-state index in [1.807, 2.05) is 0 Å². The lowest BCUT2D eigenvalue weighted by atomic mass is 9.97. The van der Waals surface area contributed by atoms with E-state index in [0.29, 0.717) is 11.1 Å². The summed E-state index contributed by atoms with van der Waals surface area (Å²) >= 11 is 0. The van der Waals surface area contributed by atoms with Crippen LogP contribution in [-0.2, 0) is 33.2 Å². The minimum Gasteiger partial charge on any atom is -0.508 e. The molecule has 26 nitrogen and oxygen atoms in total. The minimum atomic E-state index is -2.13. The first-order chi connectivity index (χ1) is 37.2. The van der Waals surface area contributed by atoms with E-state index in [2.05, 4.69) is 0 Å². The zero-order valence-electron chi connectivity index (χ0n) is 40.8. The highest BCUT2D eigenvalue weighted by atomic mass is 16.8. The van der Waals surface area contributed by atoms with Crippen LogP contribution < -0.4 is 19.6 Å². The molecule has 0 spiro atoms. The molecule has 26 heteroatoms. The zero-order chi connectivity index (χ0) is 56.1. The summed E-state index contributed by atoms with van der Waals surface area (Å²) < 4.78 is 57.9. The Bertz CT molecular complexity index is 2980. The summed E-state index contributed by atoms with van der Waals surface area (Å²) in [6.07, 6.45) is -23.7. The number of phenols is 4. The fourth-order valence-corrected chi connectivity index (χ4v) is 8.38. The van der Waals surface area contributed by atoms with Gasteiger partial charge in [0, 0.05) is 23.8 Å². The number of phenolic OH excluding ortho intramolecular Hbond substituents is 4. The van der Waals surface area contributed by atoms with Crippen molar-refractivity contribution in [2.75, 3.05) is 26.9 Å². The summed E-state index contributed by atoms with van der Waals surface area (Å²) in [5.74, 6) is -3.96. The molecule has 5 aliphatic rings. The van der Waals surface area contributed by atoms with Crippen LogP contribution in [0.3, 0.4) is 0 Å². The van der Waals surface area contributed by atoms with E-state index in [-0.39, 0.29) is 51.4 Å². The third kappa shape index (κ3) is 12.8. The maximum atomic E-state index is 13.1. The van der Waals surface area contributed by atoms with Crippen LogP contribution in [0.1, 0.15) is 11.1 Å². The molecule has 4 aliphatic heterocycles. The van der Waals surface area contributed by atoms with Crippen LogP contribution in [0, 0.1) is 0 Å². The summed E-state index contributed by atoms with van der Waals surface area (Å²) in [7, 11) is 1.33. The highest BCUT2D eigenvalue weighted by molar-refractivity contribution is 5.88. The molecule has 3 saturated heterocycles. The molecule has 0 radical (unpaired) electrons. The number of aliphatic hydroxyl groups excluding tert-OH is 9. The third-order valence-electron chi connectivity index (χ3n) is 12.7. The number of rotatable bonds is 17. The molecule has 4 heterocycles. The molecule has 78 heavy (non-hydrogen) atoms. The molecular formula is C52H55O26+. The molecule has 3 aromatic carbocycles. The second-order valence-corrected chi connectivity index (χ2v) is 18.0. The molecule has 14 N–H and O–H groups in total. The van der Waals surface area contributed by atoms with Gasteiger partial charge in [-0.3, -0.25) is 4.79 Å². The lowest BCUT2D eigenvalue weighted by Gasteiger charge is -2.45. The summed E-state index contributed by atoms with van der Waals surface area (Å²) in [5, 5.41) is 138. The zero-order valence-corrected chi connectivity index (χ0v) is 40.8. The molecular weight excluding hydrogens is 1040 g/mol. The lowest BCUT2D eigenvalue weighted by Crippen LogP contribution is -2.65. The van der Waals surface area contributed by atoms with Gasteiger partial charge in [0.05, 0.1) is 25.4 Å². The Morgan fingerprint density at radius 2 is 1.18 bits per heavy atom. The van der Waals surface area contributed by atoms with Crippen LogP contribution in [0.4, 0.5) is 0 Å². The number of esters is 2. The number of fused-ring (bicyclic) bond motifs is 1. The topological polar surface area (TPSA) is 415 Å². The first-order valence-corrected chi connectivity index (χ1v) is 23.8. The van der Waals surface area contributed by atoms with E-state index in [0.717, 1.165) is 24.3 Å². The molecule has 8 rings (SSSR count). The van der Waals surface area contributed by atoms with Crippen molar-refractivity contribution in [3.63, 3.8) is 0 Å². The van der Waals surface area contributed by atoms with Crippen LogP contribution in [0.15, 0.2) is 100 Å². The Morgan fingerprint density at radius 1 is 0.590 bits per heavy atom. The smallest absolute Gasteiger partial charge is 0.508 e. The van der Waals surface area contributed by atoms with Gasteiger partial charge < -0.3 is 118 Å². The Hall–Kier alpha value is -7.41. The van der Waals surface area contributed by atoms with Crippen LogP contribution in [0.25, 0.3) is 34.8 Å². The molecule has 15 atom stereocenters. The number of aromatic hydroxyl groups is 4. The number of hydrogen-bond acceptors (Lipinski definition) is 25. The Kier molecular flexibility index (Phi) is 17.8. The van der Waals surface area contributed by atoms with E-state index in [4.69, 9.17) is 47.0 Å². The number of benzene rings is 4. The van der Waals surface area contributed by atoms with E-state index >= 15 is 0 Å². The second kappa shape index (κ2) is 24.5. The first kappa shape index (κ1) is 56.8. The average molecular weight is 1100 g/mol. The van der Waals surface area contributed by atoms with Crippen molar-refractivity contribution < 1.29 is 123 Å². The predicted octanol–water partition coefficient (Wildman–Crippen LogP) is -1.07. The van der Waals surface area contributed by atoms with Gasteiger partial charge in [-0.25, -0.2) is 4.79 Å². The Balaban J connectivity index is 1.12. The standard InChI is InChI=1S/C52H54O26/c1-69-33-15-23(3-11-29(33)57)5-13-39(60)71-21-37-42(63)45(66)49(78-51-47(68)44(65)41(62)36(76-51)20-70-38(59)12-4-22-2-10-28(56)30(58)14-22)52(77-37)74-34-18-27-31(72-48(34)24-6-8-25(54)9-7-24)16-26(55)17-32(27)73-50-46(67)43(64)40(61)35(19-53)75-50/h2-18,35-37,40-47,49-54,56-58,61-68H,19-21H2,1H3/p+1/t35-,36-,37-,40-,41-,42-,43+,44+,45+,46-,47-,49-,50-,51+,52+/m1/s1. The summed E-state index contributed by atoms with van der Waals surface area (Å²) in [4.78, 5) is 36.7. The van der Waals surface area contributed by atoms with Gasteiger partial charge in [0.25, 0.3) is 0 Å². The van der Waals surface area contributed by atoms with Crippen LogP contribution in [0.5, 0.6) is 40.2 Å². The highest BCUT2D eigenvalue weighted by Crippen LogP contribution is 2.44. The molecule has 1 aliphatic carbocycles. The van der Waals surface area contributed by atoms with Crippen molar-refractivity contribution in [2.45, 2.75) is 92.1 Å². The van der Waals surface area contributed by atoms with Crippen molar-refractivity contribution in [1.29, 1.82) is 0 Å². The maximum absolute atomic E-state index is 13.1. The maximum Gasteiger partial charge on any atom is 0.510 e. The van der Waals surface area contributed by atoms with Gasteiger partial charge in [-0.05, 0) is 77.9 Å². The molecule has 0 bridgehead atoms. The molecule has 418 valence electrons. The Morgan fingerprint density at radius 3 is 1.86 bits per heavy atom. The van der Waals surface area contributed by atoms with Gasteiger partial charge >= 0.3 is 11.9 Å². The van der Waals surface area contributed by atoms with Crippen LogP contribution in [0.2, 0.25) is 0 Å². The normalized spacial score (nSPS) is 29.3. The average Bonchev–Trinajstić information content (AvgIpc) is 3.49. The predicted molar refractivity (Wildman–Crippen MR) is 262 cm³/mol. The van der Waals surface area contributed by atoms with Gasteiger partial charge in [0.15, 0.2) is 52.3 Å². The van der Waals surface area contributed by atoms with Crippen molar-refractivity contribution in [3.05, 3.63) is 112 Å². The fourth-order valence-electron chi connectivity index (χ4n) is 8.38. The van der Waals surface area contributed by atoms with Crippen molar-refractivity contribution in [2.24, 2.45) is 0 Å². The van der Waals surface area contributed by atoms with Gasteiger partial charge in [0.2, 0.25) is 19.2 Å². The molecule has 3 aromatic rings. The number of methoxy groups -OCH3 is 1. The van der Waals surface area contributed by atoms with E-state index in [1.54, 1.807) is 0 Å². The molecule has 0 saturated carbocycles. The van der Waals surface area contributed by atoms with E-state index in [1.165, 1.54) is 86.0 Å². The number of carbonyl (C=O) groups is 1. The highest BCUT2D eigenvalue weighted by Gasteiger charge is 2.53. The van der Waals surface area contributed by atoms with Gasteiger partial charge in [-0.15, -0.1) is 0 Å². The number of carbonyl (C=O) groups excluding carboxylic acids is 2. The van der Waals surface area contributed by atoms with Crippen LogP contribution >= 0.6 is 0 Å². The third-order valence-corrected chi connectivity index (χ3v) is 12.7. The van der Waals surface area contributed by atoms with Crippen molar-refractivity contribution in [3.8, 4) is 62.9 Å². The van der Waals surface area contributed by atoms with Gasteiger partial charge in [-0.2, -0.15) is 0 Å². The number of aliphatic hydroxyl groups is 9. The van der Waals surface area contributed by atoms with Crippen LogP contribution in [-0.4, -0.2) is 202 Å².